The van der Waals surface area contributed by atoms with Gasteiger partial charge >= 0.3 is 0 Å². The van der Waals surface area contributed by atoms with Crippen molar-refractivity contribution in [3.63, 3.8) is 0 Å². The van der Waals surface area contributed by atoms with Crippen molar-refractivity contribution >= 4 is 16.6 Å². The maximum Gasteiger partial charge on any atom is 0.255 e. The average Bonchev–Trinajstić information content (AvgIpc) is 2.60. The van der Waals surface area contributed by atoms with Crippen LogP contribution in [-0.4, -0.2) is 17.8 Å². The molecule has 1 aromatic heterocycles. The lowest BCUT2D eigenvalue weighted by atomic mass is 9.95. The van der Waals surface area contributed by atoms with Crippen molar-refractivity contribution in [2.45, 2.75) is 13.0 Å². The van der Waals surface area contributed by atoms with E-state index < -0.39 is 23.0 Å². The van der Waals surface area contributed by atoms with Crippen LogP contribution in [0.25, 0.3) is 10.8 Å². The Balaban J connectivity index is 2.17. The van der Waals surface area contributed by atoms with Crippen LogP contribution in [0.4, 0.5) is 8.78 Å². The van der Waals surface area contributed by atoms with Crippen molar-refractivity contribution in [3.05, 3.63) is 81.3 Å². The fraction of sp³-hybridized carbons (Fsp3) is 0.158. The fourth-order valence-corrected chi connectivity index (χ4v) is 2.78. The number of pyridine rings is 1. The molecular weight excluding hydrogens is 326 g/mol. The highest BCUT2D eigenvalue weighted by atomic mass is 19.1. The number of hydrogen-bond acceptors (Lipinski definition) is 3. The Hall–Kier alpha value is -2.86. The SMILES string of the molecule is CNC(C)c1cc(F)c(C(=O)c2cccc3c(=O)[nH]ccc23)c(F)c1. The van der Waals surface area contributed by atoms with Gasteiger partial charge in [-0.25, -0.2) is 8.78 Å². The number of halogens is 2. The molecule has 25 heavy (non-hydrogen) atoms. The molecule has 2 N–H and O–H groups in total. The summed E-state index contributed by atoms with van der Waals surface area (Å²) in [7, 11) is 1.67. The largest absolute Gasteiger partial charge is 0.329 e. The average molecular weight is 342 g/mol. The molecule has 0 spiro atoms. The summed E-state index contributed by atoms with van der Waals surface area (Å²) in [6.07, 6.45) is 1.39. The number of carbonyl (C=O) groups excluding carboxylic acids is 1. The van der Waals surface area contributed by atoms with Crippen LogP contribution in [0.1, 0.15) is 34.5 Å². The van der Waals surface area contributed by atoms with Crippen LogP contribution in [0.5, 0.6) is 0 Å². The van der Waals surface area contributed by atoms with Crippen molar-refractivity contribution < 1.29 is 13.6 Å². The van der Waals surface area contributed by atoms with Gasteiger partial charge in [-0.05, 0) is 49.2 Å². The molecule has 128 valence electrons. The van der Waals surface area contributed by atoms with Gasteiger partial charge in [0.25, 0.3) is 5.56 Å². The second-order valence-electron chi connectivity index (χ2n) is 5.77. The summed E-state index contributed by atoms with van der Waals surface area (Å²) in [5, 5.41) is 3.53. The molecule has 0 aliphatic heterocycles. The molecule has 4 nitrogen and oxygen atoms in total. The van der Waals surface area contributed by atoms with Crippen LogP contribution >= 0.6 is 0 Å². The van der Waals surface area contributed by atoms with Crippen molar-refractivity contribution in [2.75, 3.05) is 7.05 Å². The van der Waals surface area contributed by atoms with E-state index in [0.29, 0.717) is 10.9 Å². The smallest absolute Gasteiger partial charge is 0.255 e. The van der Waals surface area contributed by atoms with Gasteiger partial charge in [0, 0.05) is 23.2 Å². The van der Waals surface area contributed by atoms with E-state index in [1.807, 2.05) is 0 Å². The quantitative estimate of drug-likeness (QED) is 0.715. The first-order valence-electron chi connectivity index (χ1n) is 7.75. The Kier molecular flexibility index (Phi) is 4.46. The summed E-state index contributed by atoms with van der Waals surface area (Å²) in [5.74, 6) is -2.65. The molecular formula is C19H16F2N2O2. The summed E-state index contributed by atoms with van der Waals surface area (Å²) < 4.78 is 28.9. The van der Waals surface area contributed by atoms with Gasteiger partial charge in [-0.2, -0.15) is 0 Å². The van der Waals surface area contributed by atoms with Crippen LogP contribution in [0.3, 0.4) is 0 Å². The molecule has 0 saturated carbocycles. The molecule has 0 aliphatic carbocycles. The van der Waals surface area contributed by atoms with E-state index in [4.69, 9.17) is 0 Å². The molecule has 0 fully saturated rings. The van der Waals surface area contributed by atoms with Crippen LogP contribution in [0.15, 0.2) is 47.4 Å². The fourth-order valence-electron chi connectivity index (χ4n) is 2.78. The molecule has 0 saturated heterocycles. The van der Waals surface area contributed by atoms with Gasteiger partial charge in [0.2, 0.25) is 0 Å². The standard InChI is InChI=1S/C19H16F2N2O2/c1-10(22-2)11-8-15(20)17(16(21)9-11)18(24)13-4-3-5-14-12(13)6-7-23-19(14)25/h3-10,22H,1-2H3,(H,23,25). The second-order valence-corrected chi connectivity index (χ2v) is 5.77. The minimum atomic E-state index is -0.927. The van der Waals surface area contributed by atoms with E-state index in [-0.39, 0.29) is 22.6 Å². The minimum Gasteiger partial charge on any atom is -0.329 e. The summed E-state index contributed by atoms with van der Waals surface area (Å²) in [6.45, 7) is 1.76. The number of nitrogens with one attached hydrogen (secondary N) is 2. The van der Waals surface area contributed by atoms with Gasteiger partial charge in [0.15, 0.2) is 5.78 Å². The van der Waals surface area contributed by atoms with Gasteiger partial charge < -0.3 is 10.3 Å². The first-order chi connectivity index (χ1) is 11.9. The summed E-state index contributed by atoms with van der Waals surface area (Å²) in [4.78, 5) is 27.1. The Labute approximate surface area is 142 Å². The Morgan fingerprint density at radius 3 is 2.44 bits per heavy atom. The number of aromatic nitrogens is 1. The normalized spacial score (nSPS) is 12.3. The zero-order valence-corrected chi connectivity index (χ0v) is 13.7. The first-order valence-corrected chi connectivity index (χ1v) is 7.75. The first kappa shape index (κ1) is 17.0. The lowest BCUT2D eigenvalue weighted by Gasteiger charge is -2.13. The van der Waals surface area contributed by atoms with Crippen LogP contribution in [0, 0.1) is 11.6 Å². The molecule has 0 bridgehead atoms. The molecule has 0 amide bonds. The maximum absolute atomic E-state index is 14.5. The summed E-state index contributed by atoms with van der Waals surface area (Å²) in [5.41, 5.74) is -0.509. The monoisotopic (exact) mass is 342 g/mol. The third-order valence-electron chi connectivity index (χ3n) is 4.28. The molecule has 1 unspecified atom stereocenters. The van der Waals surface area contributed by atoms with Gasteiger partial charge in [-0.3, -0.25) is 9.59 Å². The third kappa shape index (κ3) is 2.96. The highest BCUT2D eigenvalue weighted by molar-refractivity contribution is 6.16. The van der Waals surface area contributed by atoms with Crippen molar-refractivity contribution in [2.24, 2.45) is 0 Å². The molecule has 3 aromatic rings. The van der Waals surface area contributed by atoms with Gasteiger partial charge in [0.1, 0.15) is 11.6 Å². The molecule has 2 aromatic carbocycles. The van der Waals surface area contributed by atoms with E-state index in [1.165, 1.54) is 24.4 Å². The van der Waals surface area contributed by atoms with Crippen LogP contribution < -0.4 is 10.9 Å². The maximum atomic E-state index is 14.5. The van der Waals surface area contributed by atoms with E-state index in [9.17, 15) is 18.4 Å². The van der Waals surface area contributed by atoms with Crippen molar-refractivity contribution in [1.29, 1.82) is 0 Å². The second kappa shape index (κ2) is 6.57. The predicted octanol–water partition coefficient (Wildman–Crippen LogP) is 3.32. The molecule has 1 heterocycles. The number of aromatic amines is 1. The van der Waals surface area contributed by atoms with E-state index in [2.05, 4.69) is 10.3 Å². The Morgan fingerprint density at radius 2 is 1.80 bits per heavy atom. The van der Waals surface area contributed by atoms with Crippen LogP contribution in [0.2, 0.25) is 0 Å². The predicted molar refractivity (Wildman–Crippen MR) is 91.8 cm³/mol. The molecule has 1 atom stereocenters. The number of ketones is 1. The van der Waals surface area contributed by atoms with Gasteiger partial charge in [-0.15, -0.1) is 0 Å². The highest BCUT2D eigenvalue weighted by Crippen LogP contribution is 2.25. The van der Waals surface area contributed by atoms with Gasteiger partial charge in [0.05, 0.1) is 5.56 Å². The molecule has 6 heteroatoms. The van der Waals surface area contributed by atoms with E-state index in [1.54, 1.807) is 20.0 Å². The lowest BCUT2D eigenvalue weighted by Crippen LogP contribution is -2.15. The number of benzene rings is 2. The topological polar surface area (TPSA) is 62.0 Å². The third-order valence-corrected chi connectivity index (χ3v) is 4.28. The summed E-state index contributed by atoms with van der Waals surface area (Å²) in [6, 6.07) is 8.09. The van der Waals surface area contributed by atoms with Crippen molar-refractivity contribution in [1.82, 2.24) is 10.3 Å². The molecule has 0 aliphatic rings. The summed E-state index contributed by atoms with van der Waals surface area (Å²) >= 11 is 0. The van der Waals surface area contributed by atoms with E-state index >= 15 is 0 Å². The lowest BCUT2D eigenvalue weighted by molar-refractivity contribution is 0.103. The Bertz CT molecular complexity index is 1000. The van der Waals surface area contributed by atoms with E-state index in [0.717, 1.165) is 12.1 Å². The Morgan fingerprint density at radius 1 is 1.12 bits per heavy atom. The molecule has 3 rings (SSSR count). The number of carbonyl (C=O) groups is 1. The zero-order chi connectivity index (χ0) is 18.1. The molecule has 0 radical (unpaired) electrons. The highest BCUT2D eigenvalue weighted by Gasteiger charge is 2.23. The zero-order valence-electron chi connectivity index (χ0n) is 13.7. The minimum absolute atomic E-state index is 0.0795. The number of fused-ring (bicyclic) bond motifs is 1. The number of hydrogen-bond donors (Lipinski definition) is 2. The number of rotatable bonds is 4. The van der Waals surface area contributed by atoms with Crippen LogP contribution in [-0.2, 0) is 0 Å². The van der Waals surface area contributed by atoms with Crippen molar-refractivity contribution in [3.8, 4) is 0 Å². The number of H-pyrrole nitrogens is 1. The van der Waals surface area contributed by atoms with Gasteiger partial charge in [-0.1, -0.05) is 12.1 Å².